The third-order valence-corrected chi connectivity index (χ3v) is 3.49. The average Bonchev–Trinajstić information content (AvgIpc) is 2.49. The summed E-state index contributed by atoms with van der Waals surface area (Å²) in [7, 11) is 1.30. The fourth-order valence-electron chi connectivity index (χ4n) is 2.17. The Bertz CT molecular complexity index is 779. The lowest BCUT2D eigenvalue weighted by atomic mass is 10.2. The third-order valence-electron chi connectivity index (χ3n) is 3.18. The van der Waals surface area contributed by atoms with Gasteiger partial charge in [-0.05, 0) is 24.6 Å². The molecule has 1 aromatic carbocycles. The molecule has 2 rings (SSSR count). The Morgan fingerprint density at radius 1 is 1.36 bits per heavy atom. The summed E-state index contributed by atoms with van der Waals surface area (Å²) in [5.74, 6) is -0.537. The van der Waals surface area contributed by atoms with Crippen molar-refractivity contribution in [3.8, 4) is 0 Å². The van der Waals surface area contributed by atoms with Gasteiger partial charge in [0.1, 0.15) is 5.69 Å². The number of primary amides is 1. The topological polar surface area (TPSA) is 81.3 Å². The molecule has 0 aliphatic carbocycles. The molecule has 25 heavy (non-hydrogen) atoms. The van der Waals surface area contributed by atoms with Crippen molar-refractivity contribution in [2.75, 3.05) is 12.0 Å². The summed E-state index contributed by atoms with van der Waals surface area (Å²) in [6.45, 7) is 1.42. The van der Waals surface area contributed by atoms with Crippen molar-refractivity contribution >= 4 is 29.3 Å². The molecule has 0 unspecified atom stereocenters. The number of nitrogens with two attached hydrogens (primary N) is 1. The van der Waals surface area contributed by atoms with Crippen LogP contribution in [0.15, 0.2) is 24.3 Å². The van der Waals surface area contributed by atoms with Crippen LogP contribution in [0.25, 0.3) is 0 Å². The number of nitrogens with zero attached hydrogens (tertiary/aromatic N) is 3. The minimum atomic E-state index is -4.74. The van der Waals surface area contributed by atoms with Crippen LogP contribution < -0.4 is 10.6 Å². The lowest BCUT2D eigenvalue weighted by Crippen LogP contribution is -2.34. The number of carbonyl (C=O) groups is 1. The molecule has 0 saturated heterocycles. The maximum Gasteiger partial charge on any atom is 0.433 e. The predicted octanol–water partition coefficient (Wildman–Crippen LogP) is 3.82. The molecule has 134 valence electrons. The first-order valence-electron chi connectivity index (χ1n) is 6.94. The zero-order valence-corrected chi connectivity index (χ0v) is 14.0. The van der Waals surface area contributed by atoms with Crippen LogP contribution in [-0.2, 0) is 17.5 Å². The van der Waals surface area contributed by atoms with Crippen LogP contribution >= 0.6 is 11.6 Å². The van der Waals surface area contributed by atoms with E-state index in [1.165, 1.54) is 13.2 Å². The van der Waals surface area contributed by atoms with Gasteiger partial charge in [-0.15, -0.1) is 0 Å². The number of methoxy groups -OCH3 is 1. The molecule has 0 spiro atoms. The molecule has 2 amide bonds. The summed E-state index contributed by atoms with van der Waals surface area (Å²) in [5, 5.41) is 0.119. The highest BCUT2D eigenvalue weighted by Crippen LogP contribution is 2.35. The van der Waals surface area contributed by atoms with E-state index in [9.17, 15) is 18.0 Å². The van der Waals surface area contributed by atoms with Gasteiger partial charge < -0.3 is 10.5 Å². The van der Waals surface area contributed by atoms with Gasteiger partial charge in [0.05, 0.1) is 23.0 Å². The van der Waals surface area contributed by atoms with Crippen LogP contribution in [-0.4, -0.2) is 23.1 Å². The van der Waals surface area contributed by atoms with Crippen molar-refractivity contribution in [1.29, 1.82) is 0 Å². The standard InChI is InChI=1S/C15H14ClF3N4O2/c1-8-4-3-5-10(16)12(8)23(13(20)24)14-21-9(7-25-2)6-11(22-14)15(17,18)19/h3-6H,7H2,1-2H3,(H2,20,24). The second kappa shape index (κ2) is 7.24. The molecular weight excluding hydrogens is 361 g/mol. The summed E-state index contributed by atoms with van der Waals surface area (Å²) in [4.78, 5) is 20.1. The van der Waals surface area contributed by atoms with Gasteiger partial charge in [-0.2, -0.15) is 13.2 Å². The fraction of sp³-hybridized carbons (Fsp3) is 0.267. The zero-order valence-electron chi connectivity index (χ0n) is 13.3. The molecule has 0 saturated carbocycles. The molecule has 0 radical (unpaired) electrons. The molecule has 0 aliphatic rings. The van der Waals surface area contributed by atoms with Gasteiger partial charge in [0.2, 0.25) is 5.95 Å². The van der Waals surface area contributed by atoms with Crippen LogP contribution in [0.1, 0.15) is 17.0 Å². The monoisotopic (exact) mass is 374 g/mol. The van der Waals surface area contributed by atoms with Gasteiger partial charge in [0.15, 0.2) is 0 Å². The Morgan fingerprint density at radius 2 is 2.04 bits per heavy atom. The Kier molecular flexibility index (Phi) is 5.48. The summed E-state index contributed by atoms with van der Waals surface area (Å²) in [5.41, 5.74) is 4.70. The van der Waals surface area contributed by atoms with Gasteiger partial charge in [-0.1, -0.05) is 23.7 Å². The third kappa shape index (κ3) is 4.18. The molecule has 6 nitrogen and oxygen atoms in total. The molecule has 2 aromatic rings. The zero-order chi connectivity index (χ0) is 18.8. The number of ether oxygens (including phenoxy) is 1. The van der Waals surface area contributed by atoms with Crippen LogP contribution in [0.4, 0.5) is 29.6 Å². The SMILES string of the molecule is COCc1cc(C(F)(F)F)nc(N(C(N)=O)c2c(C)cccc2Cl)n1. The van der Waals surface area contributed by atoms with Crippen LogP contribution in [0.3, 0.4) is 0 Å². The van der Waals surface area contributed by atoms with E-state index in [0.29, 0.717) is 5.56 Å². The maximum absolute atomic E-state index is 13.1. The second-order valence-electron chi connectivity index (χ2n) is 5.05. The maximum atomic E-state index is 13.1. The number of aromatic nitrogens is 2. The van der Waals surface area contributed by atoms with Crippen molar-refractivity contribution in [1.82, 2.24) is 9.97 Å². The minimum absolute atomic E-state index is 0.0595. The highest BCUT2D eigenvalue weighted by molar-refractivity contribution is 6.34. The van der Waals surface area contributed by atoms with Gasteiger partial charge in [-0.25, -0.2) is 19.7 Å². The molecule has 0 atom stereocenters. The molecule has 0 aliphatic heterocycles. The van der Waals surface area contributed by atoms with Crippen molar-refractivity contribution in [3.05, 3.63) is 46.2 Å². The molecule has 1 aromatic heterocycles. The summed E-state index contributed by atoms with van der Waals surface area (Å²) >= 11 is 6.10. The Hall–Kier alpha value is -2.39. The fourth-order valence-corrected chi connectivity index (χ4v) is 2.47. The smallest absolute Gasteiger partial charge is 0.378 e. The van der Waals surface area contributed by atoms with Crippen LogP contribution in [0.5, 0.6) is 0 Å². The highest BCUT2D eigenvalue weighted by Gasteiger charge is 2.35. The first kappa shape index (κ1) is 18.9. The summed E-state index contributed by atoms with van der Waals surface area (Å²) < 4.78 is 44.2. The van der Waals surface area contributed by atoms with Crippen LogP contribution in [0.2, 0.25) is 5.02 Å². The van der Waals surface area contributed by atoms with Crippen molar-refractivity contribution in [2.24, 2.45) is 5.73 Å². The Morgan fingerprint density at radius 3 is 2.56 bits per heavy atom. The number of rotatable bonds is 4. The van der Waals surface area contributed by atoms with E-state index in [1.54, 1.807) is 19.1 Å². The van der Waals surface area contributed by atoms with E-state index in [2.05, 4.69) is 9.97 Å². The van der Waals surface area contributed by atoms with Gasteiger partial charge in [0.25, 0.3) is 0 Å². The molecule has 0 bridgehead atoms. The van der Waals surface area contributed by atoms with Crippen molar-refractivity contribution in [3.63, 3.8) is 0 Å². The lowest BCUT2D eigenvalue weighted by molar-refractivity contribution is -0.141. The normalized spacial score (nSPS) is 11.4. The Labute approximate surface area is 146 Å². The second-order valence-corrected chi connectivity index (χ2v) is 5.46. The van der Waals surface area contributed by atoms with E-state index >= 15 is 0 Å². The van der Waals surface area contributed by atoms with Gasteiger partial charge in [-0.3, -0.25) is 0 Å². The number of benzene rings is 1. The number of amides is 2. The van der Waals surface area contributed by atoms with Crippen LogP contribution in [0, 0.1) is 6.92 Å². The number of anilines is 2. The Balaban J connectivity index is 2.70. The summed E-state index contributed by atoms with van der Waals surface area (Å²) in [6, 6.07) is 4.40. The van der Waals surface area contributed by atoms with Gasteiger partial charge in [0, 0.05) is 7.11 Å². The minimum Gasteiger partial charge on any atom is -0.378 e. The number of alkyl halides is 3. The van der Waals surface area contributed by atoms with Crippen molar-refractivity contribution < 1.29 is 22.7 Å². The number of para-hydroxylation sites is 1. The molecule has 0 fully saturated rings. The molecule has 1 heterocycles. The molecular formula is C15H14ClF3N4O2. The quantitative estimate of drug-likeness (QED) is 0.882. The number of urea groups is 1. The summed E-state index contributed by atoms with van der Waals surface area (Å²) in [6.07, 6.45) is -4.74. The molecule has 2 N–H and O–H groups in total. The van der Waals surface area contributed by atoms with Gasteiger partial charge >= 0.3 is 12.2 Å². The average molecular weight is 375 g/mol. The largest absolute Gasteiger partial charge is 0.433 e. The van der Waals surface area contributed by atoms with E-state index in [4.69, 9.17) is 22.1 Å². The first-order chi connectivity index (χ1) is 11.6. The first-order valence-corrected chi connectivity index (χ1v) is 7.31. The molecule has 10 heteroatoms. The number of hydrogen-bond donors (Lipinski definition) is 1. The van der Waals surface area contributed by atoms with E-state index in [1.807, 2.05) is 0 Å². The number of hydrogen-bond acceptors (Lipinski definition) is 4. The van der Waals surface area contributed by atoms with E-state index in [-0.39, 0.29) is 23.0 Å². The number of halogens is 4. The van der Waals surface area contributed by atoms with E-state index in [0.717, 1.165) is 11.0 Å². The van der Waals surface area contributed by atoms with Crippen molar-refractivity contribution in [2.45, 2.75) is 19.7 Å². The number of carbonyl (C=O) groups excluding carboxylic acids is 1. The number of aryl methyl sites for hydroxylation is 1. The van der Waals surface area contributed by atoms with E-state index < -0.39 is 23.8 Å². The lowest BCUT2D eigenvalue weighted by Gasteiger charge is -2.23. The highest BCUT2D eigenvalue weighted by atomic mass is 35.5. The predicted molar refractivity (Wildman–Crippen MR) is 85.7 cm³/mol.